The van der Waals surface area contributed by atoms with Crippen LogP contribution in [0, 0.1) is 0 Å². The first-order valence-electron chi connectivity index (χ1n) is 8.60. The number of likely N-dealkylation sites (tertiary alicyclic amines) is 1. The highest BCUT2D eigenvalue weighted by Gasteiger charge is 2.27. The van der Waals surface area contributed by atoms with Crippen molar-refractivity contribution in [1.82, 2.24) is 24.8 Å². The van der Waals surface area contributed by atoms with Gasteiger partial charge in [0.05, 0.1) is 12.2 Å². The van der Waals surface area contributed by atoms with Crippen LogP contribution >= 0.6 is 0 Å². The smallest absolute Gasteiger partial charge is 0.317 e. The highest BCUT2D eigenvalue weighted by molar-refractivity contribution is 5.74. The molecule has 2 amide bonds. The molecule has 3 heterocycles. The highest BCUT2D eigenvalue weighted by atomic mass is 16.2. The molecule has 24 heavy (non-hydrogen) atoms. The first-order chi connectivity index (χ1) is 11.6. The minimum Gasteiger partial charge on any atom is -0.336 e. The molecule has 1 fully saturated rings. The maximum Gasteiger partial charge on any atom is 0.317 e. The maximum atomic E-state index is 12.3. The van der Waals surface area contributed by atoms with E-state index in [2.05, 4.69) is 19.9 Å². The lowest BCUT2D eigenvalue weighted by molar-refractivity contribution is 0.175. The van der Waals surface area contributed by atoms with Gasteiger partial charge in [-0.2, -0.15) is 0 Å². The molecule has 2 aromatic rings. The predicted molar refractivity (Wildman–Crippen MR) is 92.8 cm³/mol. The Bertz CT molecular complexity index is 667. The number of carbonyl (C=O) groups is 1. The molecule has 0 bridgehead atoms. The number of nitrogens with one attached hydrogen (secondary N) is 1. The van der Waals surface area contributed by atoms with Crippen molar-refractivity contribution in [2.24, 2.45) is 0 Å². The Morgan fingerprint density at radius 1 is 1.33 bits per heavy atom. The standard InChI is InChI=1S/C18H25N5O/c1-14(2)21-18(24)23-10-5-6-15(12-23)17-20-9-11-22(17)13-16-7-3-4-8-19-16/h3-4,7-9,11,14-15H,5-6,10,12-13H2,1-2H3,(H,21,24)/t15-/m0/s1. The van der Waals surface area contributed by atoms with Crippen LogP contribution in [0.2, 0.25) is 0 Å². The van der Waals surface area contributed by atoms with Gasteiger partial charge in [0.15, 0.2) is 0 Å². The summed E-state index contributed by atoms with van der Waals surface area (Å²) in [5.74, 6) is 1.32. The molecule has 0 unspecified atom stereocenters. The lowest BCUT2D eigenvalue weighted by Gasteiger charge is -2.33. The van der Waals surface area contributed by atoms with Crippen LogP contribution in [0.1, 0.15) is 44.1 Å². The summed E-state index contributed by atoms with van der Waals surface area (Å²) >= 11 is 0. The number of aromatic nitrogens is 3. The molecule has 0 radical (unpaired) electrons. The van der Waals surface area contributed by atoms with Crippen LogP contribution in [0.4, 0.5) is 4.79 Å². The summed E-state index contributed by atoms with van der Waals surface area (Å²) in [7, 11) is 0. The third-order valence-corrected chi connectivity index (χ3v) is 4.29. The Hall–Kier alpha value is -2.37. The molecule has 128 valence electrons. The van der Waals surface area contributed by atoms with E-state index in [4.69, 9.17) is 0 Å². The number of hydrogen-bond donors (Lipinski definition) is 1. The molecule has 6 nitrogen and oxygen atoms in total. The number of carbonyl (C=O) groups excluding carboxylic acids is 1. The van der Waals surface area contributed by atoms with Gasteiger partial charge < -0.3 is 14.8 Å². The minimum atomic E-state index is 0.0255. The van der Waals surface area contributed by atoms with Crippen molar-refractivity contribution < 1.29 is 4.79 Å². The van der Waals surface area contributed by atoms with Gasteiger partial charge in [-0.15, -0.1) is 0 Å². The molecule has 1 saturated heterocycles. The average Bonchev–Trinajstić information content (AvgIpc) is 3.03. The van der Waals surface area contributed by atoms with E-state index < -0.39 is 0 Å². The largest absolute Gasteiger partial charge is 0.336 e. The Labute approximate surface area is 142 Å². The zero-order valence-electron chi connectivity index (χ0n) is 14.4. The van der Waals surface area contributed by atoms with E-state index in [-0.39, 0.29) is 18.0 Å². The molecule has 0 saturated carbocycles. The van der Waals surface area contributed by atoms with E-state index in [1.54, 1.807) is 0 Å². The zero-order chi connectivity index (χ0) is 16.9. The first kappa shape index (κ1) is 16.5. The lowest BCUT2D eigenvalue weighted by atomic mass is 9.97. The second-order valence-corrected chi connectivity index (χ2v) is 6.62. The fourth-order valence-corrected chi connectivity index (χ4v) is 3.19. The summed E-state index contributed by atoms with van der Waals surface area (Å²) in [6, 6.07) is 6.12. The Morgan fingerprint density at radius 3 is 2.96 bits per heavy atom. The second-order valence-electron chi connectivity index (χ2n) is 6.62. The van der Waals surface area contributed by atoms with Crippen molar-refractivity contribution in [1.29, 1.82) is 0 Å². The van der Waals surface area contributed by atoms with Crippen molar-refractivity contribution in [2.45, 2.75) is 45.2 Å². The summed E-state index contributed by atoms with van der Waals surface area (Å²) in [6.45, 7) is 6.22. The van der Waals surface area contributed by atoms with Crippen molar-refractivity contribution in [3.63, 3.8) is 0 Å². The fourth-order valence-electron chi connectivity index (χ4n) is 3.19. The monoisotopic (exact) mass is 327 g/mol. The van der Waals surface area contributed by atoms with Crippen molar-refractivity contribution in [2.75, 3.05) is 13.1 Å². The number of imidazole rings is 1. The van der Waals surface area contributed by atoms with Crippen LogP contribution in [0.3, 0.4) is 0 Å². The van der Waals surface area contributed by atoms with Gasteiger partial charge in [-0.25, -0.2) is 9.78 Å². The summed E-state index contributed by atoms with van der Waals surface area (Å²) < 4.78 is 2.15. The first-order valence-corrected chi connectivity index (χ1v) is 8.60. The number of urea groups is 1. The minimum absolute atomic E-state index is 0.0255. The third kappa shape index (κ3) is 3.93. The Kier molecular flexibility index (Phi) is 5.13. The van der Waals surface area contributed by atoms with Crippen LogP contribution in [-0.2, 0) is 6.54 Å². The third-order valence-electron chi connectivity index (χ3n) is 4.29. The van der Waals surface area contributed by atoms with Gasteiger partial charge in [0.1, 0.15) is 5.82 Å². The number of hydrogen-bond acceptors (Lipinski definition) is 3. The Morgan fingerprint density at radius 2 is 2.21 bits per heavy atom. The summed E-state index contributed by atoms with van der Waals surface area (Å²) in [5.41, 5.74) is 1.02. The molecule has 3 rings (SSSR count). The van der Waals surface area contributed by atoms with Gasteiger partial charge in [-0.05, 0) is 38.8 Å². The molecule has 1 N–H and O–H groups in total. The average molecular weight is 327 g/mol. The summed E-state index contributed by atoms with van der Waals surface area (Å²) in [4.78, 5) is 23.1. The lowest BCUT2D eigenvalue weighted by Crippen LogP contribution is -2.47. The van der Waals surface area contributed by atoms with Gasteiger partial charge in [0, 0.05) is 43.6 Å². The van der Waals surface area contributed by atoms with Gasteiger partial charge in [0.2, 0.25) is 0 Å². The number of nitrogens with zero attached hydrogens (tertiary/aromatic N) is 4. The molecule has 2 aromatic heterocycles. The van der Waals surface area contributed by atoms with Crippen LogP contribution in [-0.4, -0.2) is 44.6 Å². The number of amides is 2. The van der Waals surface area contributed by atoms with Crippen molar-refractivity contribution >= 4 is 6.03 Å². The molecule has 1 atom stereocenters. The molecule has 1 aliphatic heterocycles. The quantitative estimate of drug-likeness (QED) is 0.939. The SMILES string of the molecule is CC(C)NC(=O)N1CCC[C@H](c2nccn2Cc2ccccn2)C1. The number of rotatable bonds is 4. The highest BCUT2D eigenvalue weighted by Crippen LogP contribution is 2.26. The van der Waals surface area contributed by atoms with Crippen molar-refractivity contribution in [3.8, 4) is 0 Å². The molecular weight excluding hydrogens is 302 g/mol. The molecule has 6 heteroatoms. The number of pyridine rings is 1. The maximum absolute atomic E-state index is 12.3. The van der Waals surface area contributed by atoms with E-state index in [0.29, 0.717) is 6.54 Å². The van der Waals surface area contributed by atoms with E-state index >= 15 is 0 Å². The molecular formula is C18H25N5O. The second kappa shape index (κ2) is 7.47. The van der Waals surface area contributed by atoms with E-state index in [1.807, 2.05) is 55.5 Å². The van der Waals surface area contributed by atoms with Gasteiger partial charge in [-0.1, -0.05) is 6.07 Å². The number of piperidine rings is 1. The topological polar surface area (TPSA) is 63.1 Å². The normalized spacial score (nSPS) is 18.0. The molecule has 0 aromatic carbocycles. The van der Waals surface area contributed by atoms with E-state index in [0.717, 1.165) is 37.4 Å². The van der Waals surface area contributed by atoms with Crippen molar-refractivity contribution in [3.05, 3.63) is 48.3 Å². The predicted octanol–water partition coefficient (Wildman–Crippen LogP) is 2.62. The van der Waals surface area contributed by atoms with Crippen LogP contribution in [0.15, 0.2) is 36.8 Å². The van der Waals surface area contributed by atoms with E-state index in [1.165, 1.54) is 0 Å². The van der Waals surface area contributed by atoms with E-state index in [9.17, 15) is 4.79 Å². The zero-order valence-corrected chi connectivity index (χ0v) is 14.4. The van der Waals surface area contributed by atoms with Gasteiger partial charge in [-0.3, -0.25) is 4.98 Å². The Balaban J connectivity index is 1.70. The molecule has 0 spiro atoms. The van der Waals surface area contributed by atoms with Crippen LogP contribution in [0.25, 0.3) is 0 Å². The van der Waals surface area contributed by atoms with Crippen LogP contribution < -0.4 is 5.32 Å². The summed E-state index contributed by atoms with van der Waals surface area (Å²) in [6.07, 6.45) is 7.71. The van der Waals surface area contributed by atoms with Gasteiger partial charge >= 0.3 is 6.03 Å². The molecule has 0 aliphatic carbocycles. The summed E-state index contributed by atoms with van der Waals surface area (Å²) in [5, 5.41) is 2.98. The fraction of sp³-hybridized carbons (Fsp3) is 0.500. The van der Waals surface area contributed by atoms with Crippen LogP contribution in [0.5, 0.6) is 0 Å². The molecule has 1 aliphatic rings. The van der Waals surface area contributed by atoms with Gasteiger partial charge in [0.25, 0.3) is 0 Å².